The lowest BCUT2D eigenvalue weighted by atomic mass is 10.2. The molecule has 0 spiro atoms. The Hall–Kier alpha value is -2.49. The van der Waals surface area contributed by atoms with E-state index in [2.05, 4.69) is 5.32 Å². The normalized spacial score (nSPS) is 14.7. The number of piperidine rings is 1. The number of carbonyl (C=O) groups excluding carboxylic acids is 1. The highest BCUT2D eigenvalue weighted by molar-refractivity contribution is 7.89. The summed E-state index contributed by atoms with van der Waals surface area (Å²) < 4.78 is 43.5. The molecule has 0 atom stereocenters. The first-order valence-corrected chi connectivity index (χ1v) is 11.5. The van der Waals surface area contributed by atoms with Crippen LogP contribution in [0.5, 0.6) is 17.2 Å². The third-order valence-corrected chi connectivity index (χ3v) is 7.30. The summed E-state index contributed by atoms with van der Waals surface area (Å²) in [6.07, 6.45) is 2.61. The van der Waals surface area contributed by atoms with Crippen LogP contribution in [-0.2, 0) is 10.0 Å². The first kappa shape index (κ1) is 23.2. The quantitative estimate of drug-likeness (QED) is 0.664. The lowest BCUT2D eigenvalue weighted by Gasteiger charge is -2.26. The van der Waals surface area contributed by atoms with Crippen LogP contribution < -0.4 is 19.5 Å². The van der Waals surface area contributed by atoms with E-state index in [1.807, 2.05) is 0 Å². The van der Waals surface area contributed by atoms with Crippen molar-refractivity contribution in [1.82, 2.24) is 4.31 Å². The molecule has 31 heavy (non-hydrogen) atoms. The zero-order chi connectivity index (χ0) is 22.6. The second kappa shape index (κ2) is 9.76. The molecule has 10 heteroatoms. The molecule has 1 saturated heterocycles. The molecule has 1 N–H and O–H groups in total. The van der Waals surface area contributed by atoms with Crippen LogP contribution in [0.15, 0.2) is 35.2 Å². The second-order valence-electron chi connectivity index (χ2n) is 6.97. The van der Waals surface area contributed by atoms with Crippen molar-refractivity contribution in [2.45, 2.75) is 24.2 Å². The molecule has 3 rings (SSSR count). The fourth-order valence-electron chi connectivity index (χ4n) is 3.42. The zero-order valence-corrected chi connectivity index (χ0v) is 19.2. The molecule has 1 fully saturated rings. The maximum absolute atomic E-state index is 13.2. The summed E-state index contributed by atoms with van der Waals surface area (Å²) in [5.74, 6) is 0.378. The summed E-state index contributed by atoms with van der Waals surface area (Å²) in [4.78, 5) is 12.9. The van der Waals surface area contributed by atoms with Crippen molar-refractivity contribution in [1.29, 1.82) is 0 Å². The predicted octanol–water partition coefficient (Wildman–Crippen LogP) is 3.79. The highest BCUT2D eigenvalue weighted by Crippen LogP contribution is 2.36. The topological polar surface area (TPSA) is 94.2 Å². The van der Waals surface area contributed by atoms with Crippen molar-refractivity contribution in [3.8, 4) is 17.2 Å². The fourth-order valence-corrected chi connectivity index (χ4v) is 5.35. The second-order valence-corrected chi connectivity index (χ2v) is 9.29. The minimum absolute atomic E-state index is 0.0369. The van der Waals surface area contributed by atoms with E-state index in [9.17, 15) is 13.2 Å². The van der Waals surface area contributed by atoms with E-state index in [0.717, 1.165) is 19.3 Å². The Kier molecular flexibility index (Phi) is 7.30. The molecule has 0 aliphatic carbocycles. The molecule has 1 amide bonds. The number of halogens is 1. The van der Waals surface area contributed by atoms with Gasteiger partial charge >= 0.3 is 0 Å². The van der Waals surface area contributed by atoms with E-state index in [1.165, 1.54) is 56.0 Å². The number of benzene rings is 2. The molecule has 2 aromatic rings. The fraction of sp³-hybridized carbons (Fsp3) is 0.381. The number of nitrogens with zero attached hydrogens (tertiary/aromatic N) is 1. The minimum atomic E-state index is -3.80. The molecule has 2 aromatic carbocycles. The van der Waals surface area contributed by atoms with Crippen LogP contribution in [0.4, 0.5) is 5.69 Å². The van der Waals surface area contributed by atoms with Crippen molar-refractivity contribution in [3.63, 3.8) is 0 Å². The SMILES string of the molecule is COc1cc(NC(=O)c2ccc(OC)c(S(=O)(=O)N3CCCCC3)c2)c(OC)cc1Cl. The zero-order valence-electron chi connectivity index (χ0n) is 17.6. The van der Waals surface area contributed by atoms with E-state index < -0.39 is 15.9 Å². The third-order valence-electron chi connectivity index (χ3n) is 5.08. The number of hydrogen-bond donors (Lipinski definition) is 1. The van der Waals surface area contributed by atoms with Gasteiger partial charge in [0, 0.05) is 30.8 Å². The number of ether oxygens (including phenoxy) is 3. The average molecular weight is 469 g/mol. The monoisotopic (exact) mass is 468 g/mol. The molecule has 8 nitrogen and oxygen atoms in total. The van der Waals surface area contributed by atoms with Gasteiger partial charge in [-0.3, -0.25) is 4.79 Å². The highest BCUT2D eigenvalue weighted by atomic mass is 35.5. The van der Waals surface area contributed by atoms with E-state index in [0.29, 0.717) is 35.3 Å². The van der Waals surface area contributed by atoms with Gasteiger partial charge in [-0.05, 0) is 31.0 Å². The van der Waals surface area contributed by atoms with Crippen LogP contribution in [0.2, 0.25) is 5.02 Å². The maximum atomic E-state index is 13.2. The van der Waals surface area contributed by atoms with Gasteiger partial charge in [-0.25, -0.2) is 8.42 Å². The van der Waals surface area contributed by atoms with Gasteiger partial charge < -0.3 is 19.5 Å². The summed E-state index contributed by atoms with van der Waals surface area (Å²) in [6.45, 7) is 0.896. The molecule has 0 saturated carbocycles. The Morgan fingerprint density at radius 3 is 2.19 bits per heavy atom. The Bertz CT molecular complexity index is 1070. The summed E-state index contributed by atoms with van der Waals surface area (Å²) in [7, 11) is 0.509. The molecule has 1 aliphatic rings. The maximum Gasteiger partial charge on any atom is 0.255 e. The predicted molar refractivity (Wildman–Crippen MR) is 118 cm³/mol. The standard InChI is InChI=1S/C21H25ClN2O6S/c1-28-17-8-7-14(11-20(17)31(26,27)24-9-5-4-6-10-24)21(25)23-16-13-18(29-2)15(22)12-19(16)30-3/h7-8,11-13H,4-6,9-10H2,1-3H3,(H,23,25). The van der Waals surface area contributed by atoms with Gasteiger partial charge in [0.1, 0.15) is 22.1 Å². The molecule has 1 aliphatic heterocycles. The first-order valence-electron chi connectivity index (χ1n) is 9.73. The van der Waals surface area contributed by atoms with Gasteiger partial charge in [0.15, 0.2) is 0 Å². The van der Waals surface area contributed by atoms with Crippen molar-refractivity contribution in [2.75, 3.05) is 39.7 Å². The Labute approximate surface area is 187 Å². The number of sulfonamides is 1. The van der Waals surface area contributed by atoms with Gasteiger partial charge in [0.25, 0.3) is 5.91 Å². The molecular weight excluding hydrogens is 444 g/mol. The van der Waals surface area contributed by atoms with Gasteiger partial charge in [0.05, 0.1) is 32.0 Å². The van der Waals surface area contributed by atoms with Gasteiger partial charge in [-0.1, -0.05) is 18.0 Å². The number of hydrogen-bond acceptors (Lipinski definition) is 6. The number of amides is 1. The molecule has 168 valence electrons. The van der Waals surface area contributed by atoms with Gasteiger partial charge in [-0.15, -0.1) is 0 Å². The van der Waals surface area contributed by atoms with Crippen LogP contribution in [0.3, 0.4) is 0 Å². The van der Waals surface area contributed by atoms with Crippen LogP contribution in [0, 0.1) is 0 Å². The molecule has 0 radical (unpaired) electrons. The molecule has 0 aromatic heterocycles. The van der Waals surface area contributed by atoms with Crippen molar-refractivity contribution >= 4 is 33.2 Å². The number of nitrogens with one attached hydrogen (secondary N) is 1. The Balaban J connectivity index is 1.95. The third kappa shape index (κ3) is 4.89. The largest absolute Gasteiger partial charge is 0.495 e. The average Bonchev–Trinajstić information content (AvgIpc) is 2.79. The van der Waals surface area contributed by atoms with Gasteiger partial charge in [0.2, 0.25) is 10.0 Å². The molecular formula is C21H25ClN2O6S. The van der Waals surface area contributed by atoms with E-state index in [1.54, 1.807) is 0 Å². The van der Waals surface area contributed by atoms with Crippen LogP contribution >= 0.6 is 11.6 Å². The number of methoxy groups -OCH3 is 3. The first-order chi connectivity index (χ1) is 14.8. The smallest absolute Gasteiger partial charge is 0.255 e. The number of carbonyl (C=O) groups is 1. The van der Waals surface area contributed by atoms with E-state index in [4.69, 9.17) is 25.8 Å². The molecule has 0 unspecified atom stereocenters. The van der Waals surface area contributed by atoms with Gasteiger partial charge in [-0.2, -0.15) is 4.31 Å². The lowest BCUT2D eigenvalue weighted by Crippen LogP contribution is -2.35. The minimum Gasteiger partial charge on any atom is -0.495 e. The number of rotatable bonds is 7. The van der Waals surface area contributed by atoms with Crippen LogP contribution in [-0.4, -0.2) is 53.0 Å². The summed E-state index contributed by atoms with van der Waals surface area (Å²) in [5.41, 5.74) is 0.498. The summed E-state index contributed by atoms with van der Waals surface area (Å²) >= 11 is 6.11. The van der Waals surface area contributed by atoms with Crippen molar-refractivity contribution in [3.05, 3.63) is 40.9 Å². The Morgan fingerprint density at radius 1 is 0.935 bits per heavy atom. The highest BCUT2D eigenvalue weighted by Gasteiger charge is 2.30. The Morgan fingerprint density at radius 2 is 1.58 bits per heavy atom. The molecule has 1 heterocycles. The van der Waals surface area contributed by atoms with E-state index >= 15 is 0 Å². The molecule has 0 bridgehead atoms. The van der Waals surface area contributed by atoms with Crippen LogP contribution in [0.1, 0.15) is 29.6 Å². The van der Waals surface area contributed by atoms with Crippen molar-refractivity contribution in [2.24, 2.45) is 0 Å². The summed E-state index contributed by atoms with van der Waals surface area (Å²) in [6, 6.07) is 7.37. The van der Waals surface area contributed by atoms with Crippen LogP contribution in [0.25, 0.3) is 0 Å². The number of anilines is 1. The summed E-state index contributed by atoms with van der Waals surface area (Å²) in [5, 5.41) is 3.05. The van der Waals surface area contributed by atoms with Crippen molar-refractivity contribution < 1.29 is 27.4 Å². The van der Waals surface area contributed by atoms with E-state index in [-0.39, 0.29) is 16.2 Å². The lowest BCUT2D eigenvalue weighted by molar-refractivity contribution is 0.102.